The van der Waals surface area contributed by atoms with E-state index < -0.39 is 5.56 Å². The third-order valence-electron chi connectivity index (χ3n) is 22.5. The lowest BCUT2D eigenvalue weighted by molar-refractivity contribution is 0.234. The molecule has 0 aliphatic carbocycles. The van der Waals surface area contributed by atoms with E-state index in [0.29, 0.717) is 67.1 Å². The summed E-state index contributed by atoms with van der Waals surface area (Å²) >= 11 is 0. The van der Waals surface area contributed by atoms with Crippen LogP contribution >= 0.6 is 0 Å². The second kappa shape index (κ2) is 63.6. The van der Waals surface area contributed by atoms with E-state index in [4.69, 9.17) is 23.7 Å². The molecule has 106 heavy (non-hydrogen) atoms. The topological polar surface area (TPSA) is 103 Å². The summed E-state index contributed by atoms with van der Waals surface area (Å²) in [5.41, 5.74) is 2.36. The summed E-state index contributed by atoms with van der Waals surface area (Å²) in [5, 5.41) is 15.1. The average molecular weight is 1460 g/mol. The maximum Gasteiger partial charge on any atom is 0.266 e. The number of H-pyrrole nitrogens is 1. The number of nitriles is 1. The quantitative estimate of drug-likeness (QED) is 0.0306. The van der Waals surface area contributed by atoms with Crippen molar-refractivity contribution < 1.29 is 23.7 Å². The van der Waals surface area contributed by atoms with Gasteiger partial charge in [-0.3, -0.25) is 4.79 Å². The van der Waals surface area contributed by atoms with Crippen LogP contribution in [0.25, 0.3) is 43.9 Å². The number of nitrogens with zero attached hydrogens (tertiary/aromatic N) is 1. The van der Waals surface area contributed by atoms with E-state index in [1.165, 1.54) is 334 Å². The van der Waals surface area contributed by atoms with Crippen molar-refractivity contribution in [1.82, 2.24) is 4.98 Å². The zero-order chi connectivity index (χ0) is 75.1. The standard InChI is InChI=1S/C98H160N2O6/c1-6-11-16-21-26-31-36-39-42-45-50-53-58-65-74-102-93-80-85(81-94(103-75-66-59-54-51-46-43-40-37-32-27-22-17-12-7-2)97(93)106-78-69-62-57-52-47-44-41-38-33-28-23-18-13-8-3)89-82-92(100-98(101)91(89)83-99)84-72-73-88-90(79-84)86-70-63-64-71-87(86)95(104-76-67-60-55-48-34-29-24-19-14-9-4)96(88)105-77-68-61-56-49-35-30-25-20-15-10-5/h63-64,70-73,79-82H,6-62,65-69,74-78H2,1-5H3,(H,100,101). The fraction of sp³-hybridized carbons (Fsp3) is 0.735. The molecule has 8 nitrogen and oxygen atoms in total. The summed E-state index contributed by atoms with van der Waals surface area (Å²) in [7, 11) is 0. The lowest BCUT2D eigenvalue weighted by Crippen LogP contribution is -2.13. The predicted molar refractivity (Wildman–Crippen MR) is 460 cm³/mol. The molecule has 0 amide bonds. The Morgan fingerprint density at radius 1 is 0.274 bits per heavy atom. The smallest absolute Gasteiger partial charge is 0.266 e. The van der Waals surface area contributed by atoms with Crippen LogP contribution in [0.2, 0.25) is 0 Å². The molecule has 0 aliphatic rings. The Morgan fingerprint density at radius 3 is 0.840 bits per heavy atom. The van der Waals surface area contributed by atoms with Crippen LogP contribution in [0.4, 0.5) is 0 Å². The van der Waals surface area contributed by atoms with E-state index in [1.54, 1.807) is 0 Å². The van der Waals surface area contributed by atoms with Crippen molar-refractivity contribution in [2.24, 2.45) is 0 Å². The first-order valence-corrected chi connectivity index (χ1v) is 46.0. The van der Waals surface area contributed by atoms with Crippen molar-refractivity contribution in [2.75, 3.05) is 33.0 Å². The van der Waals surface area contributed by atoms with Gasteiger partial charge in [-0.1, -0.05) is 431 Å². The molecule has 0 aliphatic heterocycles. The monoisotopic (exact) mass is 1460 g/mol. The summed E-state index contributed by atoms with van der Waals surface area (Å²) < 4.78 is 34.6. The first-order valence-electron chi connectivity index (χ1n) is 46.0. The number of ether oxygens (including phenoxy) is 5. The highest BCUT2D eigenvalue weighted by atomic mass is 16.5. The third kappa shape index (κ3) is 40.0. The summed E-state index contributed by atoms with van der Waals surface area (Å²) in [4.78, 5) is 17.8. The molecule has 0 saturated carbocycles. The van der Waals surface area contributed by atoms with E-state index in [1.807, 2.05) is 18.2 Å². The molecule has 0 radical (unpaired) electrons. The highest BCUT2D eigenvalue weighted by Crippen LogP contribution is 2.47. The highest BCUT2D eigenvalue weighted by molar-refractivity contribution is 6.14. The summed E-state index contributed by atoms with van der Waals surface area (Å²) in [5.74, 6) is 3.50. The third-order valence-corrected chi connectivity index (χ3v) is 22.5. The van der Waals surface area contributed by atoms with Gasteiger partial charge in [0.05, 0.1) is 33.0 Å². The number of unbranched alkanes of at least 4 members (excludes halogenated alkanes) is 57. The van der Waals surface area contributed by atoms with Gasteiger partial charge in [-0.05, 0) is 84.3 Å². The van der Waals surface area contributed by atoms with Crippen molar-refractivity contribution in [3.05, 3.63) is 76.6 Å². The number of aromatic amines is 1. The maximum atomic E-state index is 14.6. The molecule has 8 heteroatoms. The number of rotatable bonds is 74. The van der Waals surface area contributed by atoms with Gasteiger partial charge < -0.3 is 28.7 Å². The number of nitrogens with one attached hydrogen (secondary N) is 1. The lowest BCUT2D eigenvalue weighted by Gasteiger charge is -2.20. The first-order chi connectivity index (χ1) is 52.5. The first kappa shape index (κ1) is 91.5. The van der Waals surface area contributed by atoms with Gasteiger partial charge >= 0.3 is 0 Å². The average Bonchev–Trinajstić information content (AvgIpc) is 0.750. The molecule has 0 unspecified atom stereocenters. The molecular weight excluding hydrogens is 1300 g/mol. The predicted octanol–water partition coefficient (Wildman–Crippen LogP) is 32.1. The van der Waals surface area contributed by atoms with Gasteiger partial charge in [0.25, 0.3) is 5.56 Å². The molecule has 0 bridgehead atoms. The molecular formula is C98H160N2O6. The minimum Gasteiger partial charge on any atom is -0.490 e. The van der Waals surface area contributed by atoms with Crippen LogP contribution in [0.15, 0.2) is 65.5 Å². The second-order valence-corrected chi connectivity index (χ2v) is 32.1. The highest BCUT2D eigenvalue weighted by Gasteiger charge is 2.23. The van der Waals surface area contributed by atoms with Gasteiger partial charge in [0, 0.05) is 22.0 Å². The minimum absolute atomic E-state index is 0.0637. The van der Waals surface area contributed by atoms with Crippen LogP contribution in [0.3, 0.4) is 0 Å². The van der Waals surface area contributed by atoms with Gasteiger partial charge in [0.1, 0.15) is 11.6 Å². The number of hydrogen-bond donors (Lipinski definition) is 1. The van der Waals surface area contributed by atoms with E-state index >= 15 is 0 Å². The SMILES string of the molecule is CCCCCCCCCCCCCCCCOc1cc(-c2cc(-c3ccc4c(OCCCCCCCCCCCC)c(OCCCCCCCCCCCC)c5ccccc5c4c3)[nH]c(=O)c2C#N)cc(OCCCCCCCCCCCCCCCC)c1OCCCCCCCCCCCCCCCC. The molecule has 5 aromatic rings. The van der Waals surface area contributed by atoms with Gasteiger partial charge in [-0.15, -0.1) is 0 Å². The Balaban J connectivity index is 1.42. The normalized spacial score (nSPS) is 11.5. The Hall–Kier alpha value is -5.16. The molecule has 1 heterocycles. The van der Waals surface area contributed by atoms with Crippen LogP contribution in [0.1, 0.15) is 438 Å². The van der Waals surface area contributed by atoms with Crippen LogP contribution in [0.5, 0.6) is 28.7 Å². The van der Waals surface area contributed by atoms with Gasteiger partial charge in [-0.2, -0.15) is 5.26 Å². The van der Waals surface area contributed by atoms with E-state index in [2.05, 4.69) is 88.1 Å². The second-order valence-electron chi connectivity index (χ2n) is 32.1. The number of fused-ring (bicyclic) bond motifs is 3. The summed E-state index contributed by atoms with van der Waals surface area (Å²) in [6, 6.07) is 23.4. The molecule has 0 atom stereocenters. The Kier molecular flexibility index (Phi) is 54.9. The summed E-state index contributed by atoms with van der Waals surface area (Å²) in [6.45, 7) is 14.4. The molecule has 0 fully saturated rings. The minimum atomic E-state index is -0.427. The largest absolute Gasteiger partial charge is 0.490 e. The molecule has 598 valence electrons. The van der Waals surface area contributed by atoms with E-state index in [-0.39, 0.29) is 5.56 Å². The van der Waals surface area contributed by atoms with Crippen LogP contribution in [0, 0.1) is 11.3 Å². The zero-order valence-electron chi connectivity index (χ0n) is 69.5. The molecule has 1 N–H and O–H groups in total. The molecule has 4 aromatic carbocycles. The van der Waals surface area contributed by atoms with Crippen LogP contribution in [-0.4, -0.2) is 38.0 Å². The fourth-order valence-electron chi connectivity index (χ4n) is 15.7. The van der Waals surface area contributed by atoms with Gasteiger partial charge in [0.15, 0.2) is 23.0 Å². The Labute approximate surface area is 651 Å². The molecule has 1 aromatic heterocycles. The van der Waals surface area contributed by atoms with Crippen molar-refractivity contribution in [3.8, 4) is 57.2 Å². The van der Waals surface area contributed by atoms with Crippen LogP contribution in [-0.2, 0) is 0 Å². The van der Waals surface area contributed by atoms with E-state index in [0.717, 1.165) is 103 Å². The number of pyridine rings is 1. The van der Waals surface area contributed by atoms with Gasteiger partial charge in [0.2, 0.25) is 5.75 Å². The van der Waals surface area contributed by atoms with Crippen molar-refractivity contribution in [1.29, 1.82) is 5.26 Å². The van der Waals surface area contributed by atoms with Crippen LogP contribution < -0.4 is 29.2 Å². The number of hydrogen-bond acceptors (Lipinski definition) is 7. The van der Waals surface area contributed by atoms with Crippen molar-refractivity contribution >= 4 is 21.5 Å². The van der Waals surface area contributed by atoms with Gasteiger partial charge in [-0.25, -0.2) is 0 Å². The zero-order valence-corrected chi connectivity index (χ0v) is 69.5. The van der Waals surface area contributed by atoms with Crippen molar-refractivity contribution in [2.45, 2.75) is 433 Å². The fourth-order valence-corrected chi connectivity index (χ4v) is 15.7. The summed E-state index contributed by atoms with van der Waals surface area (Å²) in [6.07, 6.45) is 79.8. The van der Waals surface area contributed by atoms with E-state index in [9.17, 15) is 10.1 Å². The Bertz CT molecular complexity index is 2970. The molecule has 0 saturated heterocycles. The number of benzene rings is 4. The molecule has 0 spiro atoms. The Morgan fingerprint density at radius 2 is 0.538 bits per heavy atom. The van der Waals surface area contributed by atoms with Crippen molar-refractivity contribution in [3.63, 3.8) is 0 Å². The lowest BCUT2D eigenvalue weighted by atomic mass is 9.95. The molecule has 5 rings (SSSR count). The number of aromatic nitrogens is 1. The maximum absolute atomic E-state index is 14.6.